The molecule has 2 nitrogen and oxygen atoms in total. The zero-order valence-corrected chi connectivity index (χ0v) is 11.9. The molecule has 0 amide bonds. The van der Waals surface area contributed by atoms with Crippen molar-refractivity contribution in [3.63, 3.8) is 0 Å². The molecular weight excluding hydrogens is 271 g/mol. The van der Waals surface area contributed by atoms with Gasteiger partial charge in [-0.15, -0.1) is 11.3 Å². The average Bonchev–Trinajstić information content (AvgIpc) is 2.69. The van der Waals surface area contributed by atoms with Gasteiger partial charge in [0.1, 0.15) is 0 Å². The molecule has 0 saturated heterocycles. The monoisotopic (exact) mass is 279 g/mol. The number of carbonyl (C=O) groups excluding carboxylic acids is 1. The molecule has 0 bridgehead atoms. The van der Waals surface area contributed by atoms with E-state index in [2.05, 4.69) is 0 Å². The Bertz CT molecular complexity index is 525. The number of halogens is 1. The third-order valence-corrected chi connectivity index (χ3v) is 4.86. The molecule has 0 aliphatic heterocycles. The second-order valence-corrected chi connectivity index (χ2v) is 6.60. The van der Waals surface area contributed by atoms with Crippen LogP contribution in [0.2, 0.25) is 4.34 Å². The molecule has 0 spiro atoms. The van der Waals surface area contributed by atoms with Crippen LogP contribution in [0.5, 0.6) is 0 Å². The number of benzene rings is 1. The molecule has 0 unspecified atom stereocenters. The van der Waals surface area contributed by atoms with Gasteiger partial charge in [0.2, 0.25) is 0 Å². The van der Waals surface area contributed by atoms with Crippen LogP contribution in [-0.2, 0) is 8.58 Å². The summed E-state index contributed by atoms with van der Waals surface area (Å²) >= 11 is 6.99. The minimum Gasteiger partial charge on any atom is -0.618 e. The second kappa shape index (κ2) is 5.70. The summed E-state index contributed by atoms with van der Waals surface area (Å²) in [5.41, 5.74) is 2.17. The van der Waals surface area contributed by atoms with Gasteiger partial charge in [0.05, 0.1) is 4.34 Å². The zero-order valence-electron chi connectivity index (χ0n) is 9.14. The summed E-state index contributed by atoms with van der Waals surface area (Å²) in [7, 11) is 0. The molecule has 85 valence electrons. The van der Waals surface area contributed by atoms with E-state index in [1.165, 1.54) is 18.3 Å². The quantitative estimate of drug-likeness (QED) is 0.808. The molecule has 2 aromatic rings. The van der Waals surface area contributed by atoms with Gasteiger partial charge in [-0.05, 0) is 20.9 Å². The molecule has 0 N–H and O–H groups in total. The highest BCUT2D eigenvalue weighted by molar-refractivity contribution is 7.25. The molecule has 0 fully saturated rings. The first-order chi connectivity index (χ1) is 8.16. The van der Waals surface area contributed by atoms with Gasteiger partial charge in [0.15, 0.2) is 0 Å². The highest BCUT2D eigenvalue weighted by atomic mass is 35.5. The standard InChI is InChI=1S/C10H6ClS.C2H4O2.Al/c11-10-6-9(7-12-10)8-4-2-1-3-5-8;1-2(3)4;/h1-6H;1H3,(H,3,4);/q;;+1/p-1. The third kappa shape index (κ3) is 3.34. The van der Waals surface area contributed by atoms with Gasteiger partial charge in [0, 0.05) is 6.92 Å². The van der Waals surface area contributed by atoms with Gasteiger partial charge in [0.25, 0.3) is 5.97 Å². The molecule has 17 heavy (non-hydrogen) atoms. The average molecular weight is 280 g/mol. The predicted molar refractivity (Wildman–Crippen MR) is 71.9 cm³/mol. The van der Waals surface area contributed by atoms with E-state index in [1.807, 2.05) is 36.4 Å². The molecule has 1 heterocycles. The van der Waals surface area contributed by atoms with Crippen LogP contribution in [0.15, 0.2) is 36.4 Å². The van der Waals surface area contributed by atoms with Crippen molar-refractivity contribution in [2.45, 2.75) is 6.92 Å². The lowest BCUT2D eigenvalue weighted by atomic mass is 10.1. The summed E-state index contributed by atoms with van der Waals surface area (Å²) in [4.78, 5) is 10.8. The van der Waals surface area contributed by atoms with Gasteiger partial charge in [-0.3, -0.25) is 4.79 Å². The number of thiophene rings is 1. The van der Waals surface area contributed by atoms with E-state index in [1.54, 1.807) is 0 Å². The third-order valence-electron chi connectivity index (χ3n) is 2.15. The topological polar surface area (TPSA) is 26.3 Å². The van der Waals surface area contributed by atoms with Crippen molar-refractivity contribution >= 4 is 48.2 Å². The second-order valence-electron chi connectivity index (χ2n) is 3.42. The molecule has 0 saturated carbocycles. The first kappa shape index (κ1) is 12.7. The Kier molecular flexibility index (Phi) is 4.25. The van der Waals surface area contributed by atoms with Crippen molar-refractivity contribution in [1.82, 2.24) is 0 Å². The van der Waals surface area contributed by atoms with Crippen LogP contribution in [0.4, 0.5) is 0 Å². The Balaban J connectivity index is 2.31. The van der Waals surface area contributed by atoms with Crippen molar-refractivity contribution < 1.29 is 8.58 Å². The summed E-state index contributed by atoms with van der Waals surface area (Å²) in [5.74, 6) is -0.247. The molecule has 5 heteroatoms. The lowest BCUT2D eigenvalue weighted by Crippen LogP contribution is -2.18. The van der Waals surface area contributed by atoms with E-state index in [-0.39, 0.29) is 5.97 Å². The Morgan fingerprint density at radius 1 is 1.35 bits per heavy atom. The molecule has 1 aromatic carbocycles. The summed E-state index contributed by atoms with van der Waals surface area (Å²) in [6, 6.07) is 11.9. The van der Waals surface area contributed by atoms with Crippen molar-refractivity contribution in [1.29, 1.82) is 0 Å². The number of hydrogen-bond acceptors (Lipinski definition) is 3. The maximum atomic E-state index is 10.8. The van der Waals surface area contributed by atoms with Gasteiger partial charge in [-0.25, -0.2) is 0 Å². The lowest BCUT2D eigenvalue weighted by Gasteiger charge is -2.02. The molecular formula is C12H9AlClO2S. The Morgan fingerprint density at radius 2 is 2.06 bits per heavy atom. The van der Waals surface area contributed by atoms with Gasteiger partial charge in [-0.2, -0.15) is 0 Å². The Morgan fingerprint density at radius 3 is 2.71 bits per heavy atom. The predicted octanol–water partition coefficient (Wildman–Crippen LogP) is 2.88. The van der Waals surface area contributed by atoms with E-state index < -0.39 is 15.6 Å². The lowest BCUT2D eigenvalue weighted by molar-refractivity contribution is -0.131. The molecule has 0 atom stereocenters. The van der Waals surface area contributed by atoms with Crippen LogP contribution in [0, 0.1) is 0 Å². The first-order valence-corrected chi connectivity index (χ1v) is 7.26. The number of rotatable bonds is 3. The minimum absolute atomic E-state index is 0.247. The Hall–Kier alpha value is -0.788. The highest BCUT2D eigenvalue weighted by Gasteiger charge is 2.15. The summed E-state index contributed by atoms with van der Waals surface area (Å²) in [5, 5.41) is 0. The molecule has 1 aromatic heterocycles. The Labute approximate surface area is 115 Å². The normalized spacial score (nSPS) is 10.0. The molecule has 0 aliphatic carbocycles. The molecule has 1 radical (unpaired) electrons. The number of hydrogen-bond donors (Lipinski definition) is 0. The van der Waals surface area contributed by atoms with E-state index in [0.717, 1.165) is 19.2 Å². The van der Waals surface area contributed by atoms with E-state index >= 15 is 0 Å². The number of carbonyl (C=O) groups is 1. The van der Waals surface area contributed by atoms with Crippen molar-refractivity contribution in [3.05, 3.63) is 40.7 Å². The van der Waals surface area contributed by atoms with E-state index in [9.17, 15) is 4.79 Å². The maximum Gasteiger partial charge on any atom is 0.584 e. The fourth-order valence-corrected chi connectivity index (χ4v) is 4.07. The van der Waals surface area contributed by atoms with Crippen LogP contribution in [0.3, 0.4) is 0 Å². The zero-order chi connectivity index (χ0) is 12.3. The fourth-order valence-electron chi connectivity index (χ4n) is 1.44. The summed E-state index contributed by atoms with van der Waals surface area (Å²) in [6.45, 7) is 1.42. The minimum atomic E-state index is -0.506. The SMILES string of the molecule is CC(=O)[O][Al][c]1sc(Cl)cc1-c1ccccc1. The van der Waals surface area contributed by atoms with E-state index in [0.29, 0.717) is 0 Å². The molecule has 2 rings (SSSR count). The van der Waals surface area contributed by atoms with Crippen LogP contribution >= 0.6 is 22.9 Å². The van der Waals surface area contributed by atoms with Crippen LogP contribution in [0.25, 0.3) is 11.1 Å². The van der Waals surface area contributed by atoms with Gasteiger partial charge in [-0.1, -0.05) is 41.9 Å². The smallest absolute Gasteiger partial charge is 0.584 e. The van der Waals surface area contributed by atoms with Crippen LogP contribution in [0.1, 0.15) is 6.92 Å². The first-order valence-electron chi connectivity index (χ1n) is 5.02. The van der Waals surface area contributed by atoms with Crippen molar-refractivity contribution in [2.24, 2.45) is 0 Å². The van der Waals surface area contributed by atoms with Crippen LogP contribution in [-0.4, -0.2) is 21.5 Å². The molecule has 0 aliphatic rings. The largest absolute Gasteiger partial charge is 0.618 e. The maximum absolute atomic E-state index is 10.8. The summed E-state index contributed by atoms with van der Waals surface area (Å²) in [6.07, 6.45) is 0. The fraction of sp³-hybridized carbons (Fsp3) is 0.0833. The van der Waals surface area contributed by atoms with Crippen molar-refractivity contribution in [2.75, 3.05) is 0 Å². The van der Waals surface area contributed by atoms with Crippen LogP contribution < -0.4 is 3.74 Å². The highest BCUT2D eigenvalue weighted by Crippen LogP contribution is 2.26. The van der Waals surface area contributed by atoms with Crippen molar-refractivity contribution in [3.8, 4) is 11.1 Å². The van der Waals surface area contributed by atoms with Gasteiger partial charge >= 0.3 is 15.6 Å². The van der Waals surface area contributed by atoms with E-state index in [4.69, 9.17) is 15.4 Å². The summed E-state index contributed by atoms with van der Waals surface area (Å²) < 4.78 is 6.87. The van der Waals surface area contributed by atoms with Gasteiger partial charge < -0.3 is 3.79 Å².